The van der Waals surface area contributed by atoms with Gasteiger partial charge >= 0.3 is 18.1 Å². The molecule has 1 aromatic rings. The molecule has 0 saturated carbocycles. The maximum Gasteiger partial charge on any atom is 0.490 e. The lowest BCUT2D eigenvalue weighted by Crippen LogP contribution is -2.56. The van der Waals surface area contributed by atoms with E-state index in [-0.39, 0.29) is 24.7 Å². The largest absolute Gasteiger partial charge is 0.490 e. The van der Waals surface area contributed by atoms with Crippen LogP contribution in [-0.4, -0.2) is 65.6 Å². The summed E-state index contributed by atoms with van der Waals surface area (Å²) in [7, 11) is 0. The van der Waals surface area contributed by atoms with Crippen molar-refractivity contribution in [3.8, 4) is 0 Å². The van der Waals surface area contributed by atoms with Gasteiger partial charge < -0.3 is 20.5 Å². The summed E-state index contributed by atoms with van der Waals surface area (Å²) in [5, 5.41) is 16.7. The van der Waals surface area contributed by atoms with Gasteiger partial charge in [-0.05, 0) is 12.0 Å². The standard InChI is InChI=1S/C18H22F3N3O6S/c1-10(25)22-9-23-13(8-31)15(26)24-12(7-11-5-3-2-4-6-11)14(16(27)28)30-17(29)18(19,20)21/h2-6,12-14,23,31H,7-9H2,1H3,(H,22,25)(H,24,26)(H,27,28)/t12-,13+,14+/m1/s1. The number of carbonyl (C=O) groups excluding carboxylic acids is 3. The average molecular weight is 465 g/mol. The molecule has 0 bridgehead atoms. The molecule has 1 rings (SSSR count). The van der Waals surface area contributed by atoms with Gasteiger partial charge in [-0.3, -0.25) is 14.9 Å². The van der Waals surface area contributed by atoms with Crippen molar-refractivity contribution in [3.05, 3.63) is 35.9 Å². The summed E-state index contributed by atoms with van der Waals surface area (Å²) in [5.41, 5.74) is 0.482. The van der Waals surface area contributed by atoms with Crippen LogP contribution in [-0.2, 0) is 30.3 Å². The van der Waals surface area contributed by atoms with Crippen molar-refractivity contribution in [2.75, 3.05) is 12.4 Å². The van der Waals surface area contributed by atoms with E-state index in [0.29, 0.717) is 5.56 Å². The lowest BCUT2D eigenvalue weighted by molar-refractivity contribution is -0.208. The number of benzene rings is 1. The Morgan fingerprint density at radius 1 is 1.16 bits per heavy atom. The first-order valence-corrected chi connectivity index (χ1v) is 9.52. The summed E-state index contributed by atoms with van der Waals surface area (Å²) >= 11 is 4.00. The minimum Gasteiger partial charge on any atom is -0.478 e. The van der Waals surface area contributed by atoms with Gasteiger partial charge in [0.05, 0.1) is 18.8 Å². The van der Waals surface area contributed by atoms with Crippen LogP contribution < -0.4 is 16.0 Å². The second-order valence-electron chi connectivity index (χ2n) is 6.32. The topological polar surface area (TPSA) is 134 Å². The zero-order valence-corrected chi connectivity index (χ0v) is 17.2. The molecule has 9 nitrogen and oxygen atoms in total. The second kappa shape index (κ2) is 12.2. The first-order valence-electron chi connectivity index (χ1n) is 8.89. The van der Waals surface area contributed by atoms with Crippen LogP contribution in [0.4, 0.5) is 13.2 Å². The molecule has 0 unspecified atom stereocenters. The van der Waals surface area contributed by atoms with Gasteiger partial charge in [0.1, 0.15) is 0 Å². The van der Waals surface area contributed by atoms with E-state index in [0.717, 1.165) is 0 Å². The number of hydrogen-bond acceptors (Lipinski definition) is 7. The Labute approximate surface area is 181 Å². The third-order valence-corrected chi connectivity index (χ3v) is 4.25. The first-order chi connectivity index (χ1) is 14.5. The van der Waals surface area contributed by atoms with Crippen molar-refractivity contribution in [2.45, 2.75) is 37.7 Å². The van der Waals surface area contributed by atoms with Crippen molar-refractivity contribution in [2.24, 2.45) is 0 Å². The van der Waals surface area contributed by atoms with E-state index in [9.17, 15) is 37.5 Å². The number of thiol groups is 1. The number of alkyl halides is 3. The van der Waals surface area contributed by atoms with Crippen LogP contribution in [0.25, 0.3) is 0 Å². The number of esters is 1. The van der Waals surface area contributed by atoms with E-state index in [4.69, 9.17) is 0 Å². The summed E-state index contributed by atoms with van der Waals surface area (Å²) in [6.07, 6.45) is -7.96. The van der Waals surface area contributed by atoms with Crippen LogP contribution in [0, 0.1) is 0 Å². The molecule has 0 aliphatic rings. The molecule has 0 aliphatic carbocycles. The highest BCUT2D eigenvalue weighted by Gasteiger charge is 2.45. The minimum absolute atomic E-state index is 0.0798. The Hall–Kier alpha value is -2.80. The van der Waals surface area contributed by atoms with E-state index >= 15 is 0 Å². The van der Waals surface area contributed by atoms with Crippen molar-refractivity contribution < 1.29 is 42.2 Å². The Kier molecular flexibility index (Phi) is 10.3. The highest BCUT2D eigenvalue weighted by atomic mass is 32.1. The predicted octanol–water partition coefficient (Wildman–Crippen LogP) is 0.254. The van der Waals surface area contributed by atoms with Gasteiger partial charge in [0, 0.05) is 12.7 Å². The molecule has 172 valence electrons. The van der Waals surface area contributed by atoms with Crippen molar-refractivity contribution in [1.29, 1.82) is 0 Å². The van der Waals surface area contributed by atoms with Gasteiger partial charge in [-0.2, -0.15) is 25.8 Å². The number of amides is 2. The Bertz CT molecular complexity index is 779. The number of nitrogens with one attached hydrogen (secondary N) is 3. The van der Waals surface area contributed by atoms with Crippen LogP contribution in [0.2, 0.25) is 0 Å². The molecule has 0 saturated heterocycles. The summed E-state index contributed by atoms with van der Waals surface area (Å²) in [6, 6.07) is 5.46. The number of ether oxygens (including phenoxy) is 1. The number of hydrogen-bond donors (Lipinski definition) is 5. The predicted molar refractivity (Wildman–Crippen MR) is 105 cm³/mol. The van der Waals surface area contributed by atoms with Crippen LogP contribution in [0.5, 0.6) is 0 Å². The quantitative estimate of drug-likeness (QED) is 0.180. The first kappa shape index (κ1) is 26.2. The Morgan fingerprint density at radius 3 is 2.26 bits per heavy atom. The average Bonchev–Trinajstić information content (AvgIpc) is 2.68. The fourth-order valence-corrected chi connectivity index (χ4v) is 2.71. The normalized spacial score (nSPS) is 14.1. The molecule has 0 heterocycles. The van der Waals surface area contributed by atoms with Crippen LogP contribution in [0.1, 0.15) is 12.5 Å². The maximum absolute atomic E-state index is 12.6. The molecular weight excluding hydrogens is 443 g/mol. The van der Waals surface area contributed by atoms with Gasteiger partial charge in [0.25, 0.3) is 0 Å². The summed E-state index contributed by atoms with van der Waals surface area (Å²) < 4.78 is 42.0. The molecule has 2 amide bonds. The van der Waals surface area contributed by atoms with Crippen LogP contribution in [0.15, 0.2) is 30.3 Å². The number of carboxylic acid groups (broad SMARTS) is 1. The van der Waals surface area contributed by atoms with Gasteiger partial charge in [-0.25, -0.2) is 9.59 Å². The SMILES string of the molecule is CC(=O)NCN[C@@H](CS)C(=O)N[C@H](Cc1ccccc1)[C@H](OC(=O)C(F)(F)F)C(=O)O. The summed E-state index contributed by atoms with van der Waals surface area (Å²) in [4.78, 5) is 46.3. The van der Waals surface area contributed by atoms with E-state index in [1.807, 2.05) is 0 Å². The summed E-state index contributed by atoms with van der Waals surface area (Å²) in [5.74, 6) is -5.83. The van der Waals surface area contributed by atoms with E-state index in [1.54, 1.807) is 30.3 Å². The lowest BCUT2D eigenvalue weighted by Gasteiger charge is -2.27. The third-order valence-electron chi connectivity index (χ3n) is 3.89. The number of rotatable bonds is 11. The number of halogens is 3. The van der Waals surface area contributed by atoms with E-state index in [1.165, 1.54) is 6.92 Å². The third kappa shape index (κ3) is 9.26. The van der Waals surface area contributed by atoms with E-state index in [2.05, 4.69) is 33.3 Å². The molecule has 3 atom stereocenters. The van der Waals surface area contributed by atoms with Gasteiger partial charge in [-0.15, -0.1) is 0 Å². The molecule has 0 spiro atoms. The van der Waals surface area contributed by atoms with Gasteiger partial charge in [0.15, 0.2) is 0 Å². The molecule has 13 heteroatoms. The van der Waals surface area contributed by atoms with Crippen molar-refractivity contribution in [1.82, 2.24) is 16.0 Å². The number of aliphatic carboxylic acids is 1. The smallest absolute Gasteiger partial charge is 0.478 e. The van der Waals surface area contributed by atoms with E-state index < -0.39 is 42.2 Å². The molecule has 0 fully saturated rings. The minimum atomic E-state index is -5.41. The van der Waals surface area contributed by atoms with Gasteiger partial charge in [-0.1, -0.05) is 30.3 Å². The fourth-order valence-electron chi connectivity index (χ4n) is 2.41. The molecule has 0 aliphatic heterocycles. The zero-order valence-electron chi connectivity index (χ0n) is 16.3. The van der Waals surface area contributed by atoms with Crippen LogP contribution >= 0.6 is 12.6 Å². The fraction of sp³-hybridized carbons (Fsp3) is 0.444. The lowest BCUT2D eigenvalue weighted by atomic mass is 10.0. The van der Waals surface area contributed by atoms with Gasteiger partial charge in [0.2, 0.25) is 17.9 Å². The monoisotopic (exact) mass is 465 g/mol. The summed E-state index contributed by atoms with van der Waals surface area (Å²) in [6.45, 7) is 1.14. The number of carbonyl (C=O) groups is 4. The van der Waals surface area contributed by atoms with Crippen molar-refractivity contribution >= 4 is 36.4 Å². The maximum atomic E-state index is 12.6. The molecule has 4 N–H and O–H groups in total. The highest BCUT2D eigenvalue weighted by Crippen LogP contribution is 2.19. The van der Waals surface area contributed by atoms with Crippen LogP contribution in [0.3, 0.4) is 0 Å². The number of carboxylic acids is 1. The molecule has 1 aromatic carbocycles. The second-order valence-corrected chi connectivity index (χ2v) is 6.68. The Balaban J connectivity index is 3.07. The molecular formula is C18H22F3N3O6S. The highest BCUT2D eigenvalue weighted by molar-refractivity contribution is 7.80. The van der Waals surface area contributed by atoms with Crippen molar-refractivity contribution in [3.63, 3.8) is 0 Å². The zero-order chi connectivity index (χ0) is 23.6. The Morgan fingerprint density at radius 2 is 1.77 bits per heavy atom. The molecule has 0 aromatic heterocycles. The molecule has 31 heavy (non-hydrogen) atoms. The molecule has 0 radical (unpaired) electrons.